The van der Waals surface area contributed by atoms with E-state index in [0.717, 1.165) is 11.4 Å². The number of fused-ring (bicyclic) bond motifs is 9. The highest BCUT2D eigenvalue weighted by molar-refractivity contribution is 6.13. The Balaban J connectivity index is 0.665. The largest absolute Gasteiger partial charge is 0.309 e. The Kier molecular flexibility index (Phi) is 12.8. The van der Waals surface area contributed by atoms with Crippen LogP contribution in [0.5, 0.6) is 0 Å². The summed E-state index contributed by atoms with van der Waals surface area (Å²) in [4.78, 5) is 0. The molecule has 17 aromatic rings. The highest BCUT2D eigenvalue weighted by Gasteiger charge is 2.47. The summed E-state index contributed by atoms with van der Waals surface area (Å²) < 4.78 is 4.87. The molecule has 0 saturated carbocycles. The third-order valence-electron chi connectivity index (χ3n) is 19.7. The molecule has 0 saturated heterocycles. The maximum absolute atomic E-state index is 2.46. The van der Waals surface area contributed by atoms with Crippen LogP contribution in [0.25, 0.3) is 144 Å². The van der Waals surface area contributed by atoms with Gasteiger partial charge in [-0.25, -0.2) is 0 Å². The first-order valence-electron chi connectivity index (χ1n) is 32.2. The first-order chi connectivity index (χ1) is 46.1. The molecule has 0 unspecified atom stereocenters. The van der Waals surface area contributed by atoms with Crippen molar-refractivity contribution in [1.82, 2.24) is 9.13 Å². The van der Waals surface area contributed by atoms with E-state index in [1.807, 2.05) is 0 Å². The lowest BCUT2D eigenvalue weighted by atomic mass is 9.65. The van der Waals surface area contributed by atoms with Crippen molar-refractivity contribution in [3.63, 3.8) is 0 Å². The van der Waals surface area contributed by atoms with Crippen LogP contribution in [-0.4, -0.2) is 9.13 Å². The Hall–Kier alpha value is -12.1. The summed E-state index contributed by atoms with van der Waals surface area (Å²) in [5.41, 5.74) is 30.8. The number of hydrogen-bond acceptors (Lipinski definition) is 0. The van der Waals surface area contributed by atoms with E-state index in [1.54, 1.807) is 0 Å². The number of para-hydroxylation sites is 3. The van der Waals surface area contributed by atoms with E-state index in [1.165, 1.54) is 155 Å². The van der Waals surface area contributed by atoms with Crippen LogP contribution >= 0.6 is 0 Å². The van der Waals surface area contributed by atoms with Gasteiger partial charge in [-0.3, -0.25) is 0 Å². The van der Waals surface area contributed by atoms with Crippen LogP contribution < -0.4 is 0 Å². The van der Waals surface area contributed by atoms with E-state index in [4.69, 9.17) is 0 Å². The number of hydrogen-bond donors (Lipinski definition) is 0. The van der Waals surface area contributed by atoms with E-state index >= 15 is 0 Å². The summed E-state index contributed by atoms with van der Waals surface area (Å²) in [6.07, 6.45) is 0. The van der Waals surface area contributed by atoms with Gasteiger partial charge in [0, 0.05) is 32.8 Å². The summed E-state index contributed by atoms with van der Waals surface area (Å²) in [6.45, 7) is 0. The van der Waals surface area contributed by atoms with Gasteiger partial charge >= 0.3 is 0 Å². The van der Waals surface area contributed by atoms with Crippen molar-refractivity contribution in [2.75, 3.05) is 0 Å². The molecule has 0 spiro atoms. The Bertz CT molecular complexity index is 5670. The molecule has 0 atom stereocenters. The molecule has 2 aromatic heterocycles. The average molecular weight is 1180 g/mol. The molecule has 1 aliphatic carbocycles. The normalized spacial score (nSPS) is 12.4. The SMILES string of the molecule is c1ccc(-c2ccc(-c3ccccc3C3(c4cccc(-c5ccc(-c6ccc(-c7ccccc7-n7c8ccccc8c8cc(-c9ccc%10c(c9)c9ccccc9n%10-c9cccc(-c%10ccccc%10)c9)ccc87)cc6)cc5)c4)c4ccccc4-c4ccccc43)cc2)cc1. The van der Waals surface area contributed by atoms with E-state index < -0.39 is 5.41 Å². The molecule has 434 valence electrons. The molecular formula is C91H60N2. The van der Waals surface area contributed by atoms with Gasteiger partial charge in [-0.15, -0.1) is 0 Å². The second-order valence-electron chi connectivity index (χ2n) is 24.7. The maximum Gasteiger partial charge on any atom is 0.0719 e. The van der Waals surface area contributed by atoms with Crippen molar-refractivity contribution >= 4 is 43.6 Å². The first kappa shape index (κ1) is 53.9. The quantitative estimate of drug-likeness (QED) is 0.122. The van der Waals surface area contributed by atoms with Gasteiger partial charge in [0.05, 0.1) is 33.2 Å². The molecule has 0 fully saturated rings. The van der Waals surface area contributed by atoms with Gasteiger partial charge in [-0.1, -0.05) is 303 Å². The minimum absolute atomic E-state index is 0.580. The lowest BCUT2D eigenvalue weighted by Crippen LogP contribution is -2.29. The minimum atomic E-state index is -0.580. The fourth-order valence-corrected chi connectivity index (χ4v) is 15.4. The van der Waals surface area contributed by atoms with Crippen LogP contribution in [0.3, 0.4) is 0 Å². The summed E-state index contributed by atoms with van der Waals surface area (Å²) in [5.74, 6) is 0. The minimum Gasteiger partial charge on any atom is -0.309 e. The molecule has 2 nitrogen and oxygen atoms in total. The molecule has 15 aromatic carbocycles. The van der Waals surface area contributed by atoms with Crippen molar-refractivity contribution < 1.29 is 0 Å². The van der Waals surface area contributed by atoms with Crippen molar-refractivity contribution in [3.8, 4) is 100 Å². The lowest BCUT2D eigenvalue weighted by molar-refractivity contribution is 0.771. The Labute approximate surface area is 541 Å². The Morgan fingerprint density at radius 2 is 0.527 bits per heavy atom. The van der Waals surface area contributed by atoms with E-state index in [-0.39, 0.29) is 0 Å². The molecule has 1 aliphatic rings. The molecule has 0 aliphatic heterocycles. The summed E-state index contributed by atoms with van der Waals surface area (Å²) in [5, 5.41) is 4.93. The van der Waals surface area contributed by atoms with Gasteiger partial charge in [-0.2, -0.15) is 0 Å². The third kappa shape index (κ3) is 8.86. The smallest absolute Gasteiger partial charge is 0.0719 e. The molecule has 0 bridgehead atoms. The fraction of sp³-hybridized carbons (Fsp3) is 0.0110. The van der Waals surface area contributed by atoms with E-state index in [9.17, 15) is 0 Å². The van der Waals surface area contributed by atoms with Gasteiger partial charge < -0.3 is 9.13 Å². The highest BCUT2D eigenvalue weighted by atomic mass is 15.0. The fourth-order valence-electron chi connectivity index (χ4n) is 15.4. The Morgan fingerprint density at radius 3 is 1.10 bits per heavy atom. The number of nitrogens with zero attached hydrogens (tertiary/aromatic N) is 2. The van der Waals surface area contributed by atoms with Gasteiger partial charge in [0.2, 0.25) is 0 Å². The Morgan fingerprint density at radius 1 is 0.183 bits per heavy atom. The zero-order valence-corrected chi connectivity index (χ0v) is 51.0. The van der Waals surface area contributed by atoms with Crippen molar-refractivity contribution in [1.29, 1.82) is 0 Å². The van der Waals surface area contributed by atoms with Crippen molar-refractivity contribution in [2.45, 2.75) is 5.41 Å². The highest BCUT2D eigenvalue weighted by Crippen LogP contribution is 2.58. The monoisotopic (exact) mass is 1180 g/mol. The third-order valence-corrected chi connectivity index (χ3v) is 19.7. The molecule has 0 radical (unpaired) electrons. The topological polar surface area (TPSA) is 9.86 Å². The second-order valence-corrected chi connectivity index (χ2v) is 24.7. The van der Waals surface area contributed by atoms with Crippen LogP contribution in [0.2, 0.25) is 0 Å². The van der Waals surface area contributed by atoms with Crippen molar-refractivity contribution in [3.05, 3.63) is 386 Å². The first-order valence-corrected chi connectivity index (χ1v) is 32.2. The van der Waals surface area contributed by atoms with Crippen LogP contribution in [0.1, 0.15) is 22.3 Å². The molecule has 18 rings (SSSR count). The van der Waals surface area contributed by atoms with Crippen LogP contribution in [0, 0.1) is 0 Å². The van der Waals surface area contributed by atoms with Crippen LogP contribution in [-0.2, 0) is 5.41 Å². The summed E-state index contributed by atoms with van der Waals surface area (Å²) >= 11 is 0. The standard InChI is InChI=1S/C91H60N2/c1-3-21-61(22-4-1)63-45-49-67(50-46-63)75-29-7-13-35-83(75)91(84-36-14-8-31-77(84)78-32-9-15-37-85(78)91)73-27-19-25-69(57-73)66-43-41-64(42-44-66)65-47-51-68(52-48-65)76-30-10-16-38-86(76)93-88-40-18-12-34-80(88)82-60-72(54-56-90(82)93)71-53-55-89-81(59-71)79-33-11-17-39-87(79)92(89)74-28-20-26-70(58-74)62-23-5-2-6-24-62/h1-60H. The maximum atomic E-state index is 2.46. The molecule has 93 heavy (non-hydrogen) atoms. The number of rotatable bonds is 11. The summed E-state index contributed by atoms with van der Waals surface area (Å²) in [6, 6.07) is 135. The molecule has 0 amide bonds. The van der Waals surface area contributed by atoms with Crippen LogP contribution in [0.15, 0.2) is 364 Å². The zero-order chi connectivity index (χ0) is 61.4. The van der Waals surface area contributed by atoms with Gasteiger partial charge in [-0.05, 0) is 166 Å². The van der Waals surface area contributed by atoms with E-state index in [2.05, 4.69) is 373 Å². The lowest BCUT2D eigenvalue weighted by Gasteiger charge is -2.36. The van der Waals surface area contributed by atoms with E-state index in [0.29, 0.717) is 0 Å². The number of aromatic nitrogens is 2. The van der Waals surface area contributed by atoms with Gasteiger partial charge in [0.25, 0.3) is 0 Å². The predicted molar refractivity (Wildman–Crippen MR) is 390 cm³/mol. The van der Waals surface area contributed by atoms with Crippen LogP contribution in [0.4, 0.5) is 0 Å². The van der Waals surface area contributed by atoms with Crippen molar-refractivity contribution in [2.24, 2.45) is 0 Å². The average Bonchev–Trinajstić information content (AvgIpc) is 1.56. The molecule has 0 N–H and O–H groups in total. The second kappa shape index (κ2) is 22.1. The summed E-state index contributed by atoms with van der Waals surface area (Å²) in [7, 11) is 0. The molecule has 2 heterocycles. The van der Waals surface area contributed by atoms with Gasteiger partial charge in [0.15, 0.2) is 0 Å². The molecule has 2 heteroatoms. The number of benzene rings is 15. The molecular weight excluding hydrogens is 1120 g/mol. The zero-order valence-electron chi connectivity index (χ0n) is 51.0. The predicted octanol–water partition coefficient (Wildman–Crippen LogP) is 23.9. The van der Waals surface area contributed by atoms with Gasteiger partial charge in [0.1, 0.15) is 0 Å².